The Bertz CT molecular complexity index is 1250. The van der Waals surface area contributed by atoms with E-state index in [0.717, 1.165) is 16.7 Å². The van der Waals surface area contributed by atoms with E-state index in [-0.39, 0.29) is 5.89 Å². The highest BCUT2D eigenvalue weighted by Crippen LogP contribution is 2.35. The van der Waals surface area contributed by atoms with E-state index < -0.39 is 28.5 Å². The number of aromatic nitrogens is 2. The van der Waals surface area contributed by atoms with Crippen molar-refractivity contribution < 1.29 is 18.3 Å². The molecule has 2 aromatic carbocycles. The standard InChI is InChI=1S/C23H18F2N2O3/c1-23(2,29)22-26-19(21(30-22)14-7-4-3-5-8-14)15-11-12-18(28)27(13-15)20-16(24)9-6-10-17(20)25/h3-13,29H,1-2H3. The van der Waals surface area contributed by atoms with Crippen molar-refractivity contribution in [3.63, 3.8) is 0 Å². The third kappa shape index (κ3) is 3.55. The Hall–Kier alpha value is -3.58. The Kier molecular flexibility index (Phi) is 4.83. The van der Waals surface area contributed by atoms with Gasteiger partial charge in [0.2, 0.25) is 5.89 Å². The summed E-state index contributed by atoms with van der Waals surface area (Å²) in [6.07, 6.45) is 1.31. The van der Waals surface area contributed by atoms with Gasteiger partial charge in [-0.05, 0) is 32.0 Å². The van der Waals surface area contributed by atoms with Gasteiger partial charge in [-0.1, -0.05) is 36.4 Å². The molecule has 7 heteroatoms. The first-order valence-corrected chi connectivity index (χ1v) is 9.22. The zero-order valence-corrected chi connectivity index (χ0v) is 16.3. The lowest BCUT2D eigenvalue weighted by molar-refractivity contribution is 0.0490. The van der Waals surface area contributed by atoms with E-state index in [1.54, 1.807) is 0 Å². The highest BCUT2D eigenvalue weighted by atomic mass is 19.1. The molecule has 0 saturated heterocycles. The number of pyridine rings is 1. The molecule has 5 nitrogen and oxygen atoms in total. The summed E-state index contributed by atoms with van der Waals surface area (Å²) < 4.78 is 35.3. The van der Waals surface area contributed by atoms with Crippen molar-refractivity contribution in [2.75, 3.05) is 0 Å². The monoisotopic (exact) mass is 408 g/mol. The molecule has 1 N–H and O–H groups in total. The molecule has 0 aliphatic carbocycles. The zero-order chi connectivity index (χ0) is 21.5. The molecule has 0 aliphatic rings. The summed E-state index contributed by atoms with van der Waals surface area (Å²) in [6.45, 7) is 3.07. The minimum Gasteiger partial charge on any atom is -0.437 e. The second kappa shape index (κ2) is 7.35. The number of para-hydroxylation sites is 1. The minimum absolute atomic E-state index is 0.0752. The number of rotatable bonds is 4. The Morgan fingerprint density at radius 3 is 2.23 bits per heavy atom. The first-order chi connectivity index (χ1) is 14.3. The highest BCUT2D eigenvalue weighted by Gasteiger charge is 2.27. The Morgan fingerprint density at radius 2 is 1.60 bits per heavy atom. The van der Waals surface area contributed by atoms with Crippen LogP contribution < -0.4 is 5.56 Å². The lowest BCUT2D eigenvalue weighted by Gasteiger charge is -2.11. The normalized spacial score (nSPS) is 11.6. The molecule has 0 saturated carbocycles. The fourth-order valence-electron chi connectivity index (χ4n) is 3.08. The number of nitrogens with zero attached hydrogens (tertiary/aromatic N) is 2. The van der Waals surface area contributed by atoms with Crippen molar-refractivity contribution in [1.29, 1.82) is 0 Å². The first kappa shape index (κ1) is 19.7. The SMILES string of the molecule is CC(C)(O)c1nc(-c2ccc(=O)n(-c3c(F)cccc3F)c2)c(-c2ccccc2)o1. The number of aliphatic hydroxyl groups is 1. The Morgan fingerprint density at radius 1 is 0.933 bits per heavy atom. The van der Waals surface area contributed by atoms with E-state index in [1.165, 1.54) is 38.2 Å². The molecule has 0 atom stereocenters. The maximum atomic E-state index is 14.3. The third-order valence-electron chi connectivity index (χ3n) is 4.55. The fourth-order valence-corrected chi connectivity index (χ4v) is 3.08. The van der Waals surface area contributed by atoms with Crippen LogP contribution in [-0.2, 0) is 5.60 Å². The molecular weight excluding hydrogens is 390 g/mol. The van der Waals surface area contributed by atoms with Crippen LogP contribution in [0.4, 0.5) is 8.78 Å². The molecule has 152 valence electrons. The summed E-state index contributed by atoms with van der Waals surface area (Å²) in [7, 11) is 0. The summed E-state index contributed by atoms with van der Waals surface area (Å²) in [6, 6.07) is 15.2. The predicted molar refractivity (Wildman–Crippen MR) is 108 cm³/mol. The van der Waals surface area contributed by atoms with Crippen molar-refractivity contribution in [2.24, 2.45) is 0 Å². The van der Waals surface area contributed by atoms with Crippen molar-refractivity contribution in [2.45, 2.75) is 19.4 Å². The van der Waals surface area contributed by atoms with Gasteiger partial charge < -0.3 is 9.52 Å². The molecule has 2 aromatic heterocycles. The first-order valence-electron chi connectivity index (χ1n) is 9.22. The topological polar surface area (TPSA) is 68.3 Å². The van der Waals surface area contributed by atoms with Gasteiger partial charge >= 0.3 is 0 Å². The predicted octanol–water partition coefficient (Wildman–Crippen LogP) is 4.67. The summed E-state index contributed by atoms with van der Waals surface area (Å²) in [5.41, 5.74) is -0.995. The van der Waals surface area contributed by atoms with E-state index in [9.17, 15) is 18.7 Å². The quantitative estimate of drug-likeness (QED) is 0.533. The lowest BCUT2D eigenvalue weighted by Crippen LogP contribution is -2.19. The maximum absolute atomic E-state index is 14.3. The summed E-state index contributed by atoms with van der Waals surface area (Å²) >= 11 is 0. The zero-order valence-electron chi connectivity index (χ0n) is 16.3. The average Bonchev–Trinajstić information content (AvgIpc) is 3.16. The number of hydrogen-bond donors (Lipinski definition) is 1. The average molecular weight is 408 g/mol. The van der Waals surface area contributed by atoms with Crippen molar-refractivity contribution in [1.82, 2.24) is 9.55 Å². The van der Waals surface area contributed by atoms with E-state index in [4.69, 9.17) is 4.42 Å². The Balaban J connectivity index is 1.96. The summed E-state index contributed by atoms with van der Waals surface area (Å²) in [5.74, 6) is -1.29. The van der Waals surface area contributed by atoms with Crippen LogP contribution >= 0.6 is 0 Å². The smallest absolute Gasteiger partial charge is 0.255 e. The van der Waals surface area contributed by atoms with Gasteiger partial charge in [0.15, 0.2) is 5.76 Å². The molecule has 0 fully saturated rings. The third-order valence-corrected chi connectivity index (χ3v) is 4.55. The highest BCUT2D eigenvalue weighted by molar-refractivity contribution is 5.76. The second-order valence-corrected chi connectivity index (χ2v) is 7.32. The molecule has 0 radical (unpaired) electrons. The Labute approximate surface area is 170 Å². The lowest BCUT2D eigenvalue weighted by atomic mass is 10.1. The number of oxazole rings is 1. The largest absolute Gasteiger partial charge is 0.437 e. The fraction of sp³-hybridized carbons (Fsp3) is 0.130. The molecule has 30 heavy (non-hydrogen) atoms. The van der Waals surface area contributed by atoms with Crippen LogP contribution in [0.15, 0.2) is 76.1 Å². The number of hydrogen-bond acceptors (Lipinski definition) is 4. The van der Waals surface area contributed by atoms with Crippen LogP contribution in [0.25, 0.3) is 28.3 Å². The van der Waals surface area contributed by atoms with Gasteiger partial charge in [-0.3, -0.25) is 9.36 Å². The molecule has 0 unspecified atom stereocenters. The van der Waals surface area contributed by atoms with Gasteiger partial charge in [0.1, 0.15) is 28.6 Å². The molecule has 0 spiro atoms. The van der Waals surface area contributed by atoms with Crippen LogP contribution in [0, 0.1) is 11.6 Å². The van der Waals surface area contributed by atoms with E-state index in [1.807, 2.05) is 30.3 Å². The van der Waals surface area contributed by atoms with Crippen molar-refractivity contribution in [3.8, 4) is 28.3 Å². The van der Waals surface area contributed by atoms with E-state index >= 15 is 0 Å². The van der Waals surface area contributed by atoms with Crippen LogP contribution in [0.3, 0.4) is 0 Å². The van der Waals surface area contributed by atoms with Gasteiger partial charge in [-0.25, -0.2) is 13.8 Å². The molecule has 0 amide bonds. The minimum atomic E-state index is -1.35. The van der Waals surface area contributed by atoms with Gasteiger partial charge in [0.05, 0.1) is 0 Å². The van der Waals surface area contributed by atoms with Crippen LogP contribution in [0.1, 0.15) is 19.7 Å². The maximum Gasteiger partial charge on any atom is 0.255 e. The molecule has 4 aromatic rings. The number of benzene rings is 2. The van der Waals surface area contributed by atoms with Crippen LogP contribution in [0.5, 0.6) is 0 Å². The van der Waals surface area contributed by atoms with Gasteiger partial charge in [-0.2, -0.15) is 0 Å². The second-order valence-electron chi connectivity index (χ2n) is 7.32. The number of halogens is 2. The summed E-state index contributed by atoms with van der Waals surface area (Å²) in [4.78, 5) is 16.8. The van der Waals surface area contributed by atoms with Gasteiger partial charge in [0, 0.05) is 23.4 Å². The molecule has 0 bridgehead atoms. The van der Waals surface area contributed by atoms with Crippen molar-refractivity contribution in [3.05, 3.63) is 94.7 Å². The van der Waals surface area contributed by atoms with Gasteiger partial charge in [0.25, 0.3) is 5.56 Å². The van der Waals surface area contributed by atoms with E-state index in [0.29, 0.717) is 22.6 Å². The van der Waals surface area contributed by atoms with Crippen LogP contribution in [0.2, 0.25) is 0 Å². The molecule has 0 aliphatic heterocycles. The van der Waals surface area contributed by atoms with Gasteiger partial charge in [-0.15, -0.1) is 0 Å². The molecular formula is C23H18F2N2O3. The molecule has 2 heterocycles. The summed E-state index contributed by atoms with van der Waals surface area (Å²) in [5, 5.41) is 10.4. The van der Waals surface area contributed by atoms with E-state index in [2.05, 4.69) is 4.98 Å². The van der Waals surface area contributed by atoms with Crippen molar-refractivity contribution >= 4 is 0 Å². The van der Waals surface area contributed by atoms with Crippen LogP contribution in [-0.4, -0.2) is 14.7 Å². The molecule has 4 rings (SSSR count).